The van der Waals surface area contributed by atoms with Crippen molar-refractivity contribution >= 4 is 132 Å². The molecule has 11 aromatic carbocycles. The smallest absolute Gasteiger partial charge is 0.220 e. The quantitative estimate of drug-likeness (QED) is 0.116. The average molecular weight is 978 g/mol. The van der Waals surface area contributed by atoms with E-state index in [2.05, 4.69) is 279 Å². The largest absolute Gasteiger partial charge is 0.309 e. The minimum Gasteiger partial charge on any atom is -0.309 e. The summed E-state index contributed by atoms with van der Waals surface area (Å²) in [7, 11) is -3.09. The SMILES string of the molecule is c1ccc([Si](c2ccccc2)(c2cccc(-n3c4ccccc4c4ccccc43)c2)c2cccc(-n3c4ccccc4c4ccc5c(nc6n(-c7cccc8c7sc7ccccc78)c7ccccc7n56)c43)c2)cc1. The first-order valence-corrected chi connectivity index (χ1v) is 28.1. The van der Waals surface area contributed by atoms with Gasteiger partial charge >= 0.3 is 0 Å². The van der Waals surface area contributed by atoms with E-state index in [9.17, 15) is 0 Å². The van der Waals surface area contributed by atoms with Crippen LogP contribution in [-0.4, -0.2) is 31.2 Å². The summed E-state index contributed by atoms with van der Waals surface area (Å²) in [5.74, 6) is 0.895. The van der Waals surface area contributed by atoms with Crippen LogP contribution in [0.25, 0.3) is 109 Å². The molecule has 0 fully saturated rings. The van der Waals surface area contributed by atoms with Crippen molar-refractivity contribution in [1.29, 1.82) is 0 Å². The monoisotopic (exact) mass is 977 g/mol. The molecule has 0 amide bonds. The number of para-hydroxylation sites is 5. The second-order valence-electron chi connectivity index (χ2n) is 19.5. The lowest BCUT2D eigenvalue weighted by Crippen LogP contribution is -2.74. The summed E-state index contributed by atoms with van der Waals surface area (Å²) >= 11 is 1.85. The molecular formula is C67H43N5SSi. The molecule has 0 radical (unpaired) electrons. The fourth-order valence-electron chi connectivity index (χ4n) is 12.7. The maximum Gasteiger partial charge on any atom is 0.220 e. The normalized spacial score (nSPS) is 12.3. The summed E-state index contributed by atoms with van der Waals surface area (Å²) in [5, 5.41) is 12.7. The van der Waals surface area contributed by atoms with Gasteiger partial charge in [-0.1, -0.05) is 182 Å². The minimum atomic E-state index is -3.09. The van der Waals surface area contributed by atoms with Crippen LogP contribution in [0.2, 0.25) is 0 Å². The highest BCUT2D eigenvalue weighted by atomic mass is 32.1. The van der Waals surface area contributed by atoms with E-state index in [0.717, 1.165) is 55.9 Å². The minimum absolute atomic E-state index is 0.895. The molecule has 16 aromatic rings. The third kappa shape index (κ3) is 5.70. The van der Waals surface area contributed by atoms with Crippen LogP contribution in [0.1, 0.15) is 0 Å². The van der Waals surface area contributed by atoms with Crippen LogP contribution in [0.3, 0.4) is 0 Å². The van der Waals surface area contributed by atoms with Crippen LogP contribution < -0.4 is 20.7 Å². The van der Waals surface area contributed by atoms with Crippen molar-refractivity contribution in [2.45, 2.75) is 0 Å². The number of hydrogen-bond acceptors (Lipinski definition) is 2. The van der Waals surface area contributed by atoms with E-state index >= 15 is 0 Å². The molecule has 0 spiro atoms. The molecule has 346 valence electrons. The van der Waals surface area contributed by atoms with Gasteiger partial charge in [0.1, 0.15) is 5.52 Å². The molecular weight excluding hydrogens is 935 g/mol. The Morgan fingerprint density at radius 1 is 0.324 bits per heavy atom. The summed E-state index contributed by atoms with van der Waals surface area (Å²) in [4.78, 5) is 5.81. The first-order valence-electron chi connectivity index (χ1n) is 25.3. The Bertz CT molecular complexity index is 4830. The van der Waals surface area contributed by atoms with E-state index in [1.165, 1.54) is 73.5 Å². The molecule has 0 atom stereocenters. The molecule has 0 N–H and O–H groups in total. The summed E-state index contributed by atoms with van der Waals surface area (Å²) in [6.45, 7) is 0. The number of thiophene rings is 1. The van der Waals surface area contributed by atoms with Crippen molar-refractivity contribution in [2.24, 2.45) is 0 Å². The van der Waals surface area contributed by atoms with Gasteiger partial charge in [-0.25, -0.2) is 4.98 Å². The second kappa shape index (κ2) is 15.9. The standard InChI is InChI=1S/C67H43N5SSi/c1-3-22-46(23-4-1)74(47-24-5-2-6-25-47,48-26-17-20-44(42-48)69-56-33-11-7-28-50(56)51-29-8-12-34-57(51)69)49-27-18-21-45(43-49)70-58-35-13-9-30-52(58)54-40-41-61-64(65(54)70)68-67-71(61)59-36-14-15-37-60(59)72(67)62-38-19-32-55-53-31-10-16-39-63(53)73-66(55)62/h1-43H. The van der Waals surface area contributed by atoms with E-state index in [1.54, 1.807) is 0 Å². The molecule has 5 nitrogen and oxygen atoms in total. The van der Waals surface area contributed by atoms with E-state index < -0.39 is 8.07 Å². The number of benzene rings is 11. The van der Waals surface area contributed by atoms with Gasteiger partial charge in [-0.05, 0) is 99.6 Å². The van der Waals surface area contributed by atoms with Gasteiger partial charge in [-0.15, -0.1) is 11.3 Å². The number of imidazole rings is 2. The van der Waals surface area contributed by atoms with E-state index in [0.29, 0.717) is 0 Å². The van der Waals surface area contributed by atoms with Gasteiger partial charge in [-0.2, -0.15) is 0 Å². The maximum atomic E-state index is 5.81. The molecule has 0 aliphatic rings. The molecule has 7 heteroatoms. The van der Waals surface area contributed by atoms with Gasteiger partial charge in [0.15, 0.2) is 8.07 Å². The Morgan fingerprint density at radius 3 is 1.46 bits per heavy atom. The lowest BCUT2D eigenvalue weighted by Gasteiger charge is -2.35. The molecule has 0 unspecified atom stereocenters. The molecule has 5 aromatic heterocycles. The third-order valence-electron chi connectivity index (χ3n) is 15.7. The molecule has 0 saturated heterocycles. The summed E-state index contributed by atoms with van der Waals surface area (Å²) in [6.07, 6.45) is 0. The maximum absolute atomic E-state index is 5.81. The number of nitrogens with zero attached hydrogens (tertiary/aromatic N) is 5. The molecule has 74 heavy (non-hydrogen) atoms. The lowest BCUT2D eigenvalue weighted by molar-refractivity contribution is 1.12. The van der Waals surface area contributed by atoms with Crippen LogP contribution in [0.4, 0.5) is 0 Å². The van der Waals surface area contributed by atoms with Crippen LogP contribution >= 0.6 is 11.3 Å². The number of aromatic nitrogens is 5. The van der Waals surface area contributed by atoms with Crippen molar-refractivity contribution in [1.82, 2.24) is 23.1 Å². The van der Waals surface area contributed by atoms with E-state index in [-0.39, 0.29) is 0 Å². The van der Waals surface area contributed by atoms with Gasteiger partial charge in [0.05, 0.1) is 49.0 Å². The van der Waals surface area contributed by atoms with Gasteiger partial charge in [-0.3, -0.25) is 8.97 Å². The topological polar surface area (TPSA) is 32.1 Å². The predicted octanol–water partition coefficient (Wildman–Crippen LogP) is 14.4. The highest BCUT2D eigenvalue weighted by molar-refractivity contribution is 7.26. The highest BCUT2D eigenvalue weighted by Gasteiger charge is 2.42. The summed E-state index contributed by atoms with van der Waals surface area (Å²) in [5.41, 5.74) is 12.3. The van der Waals surface area contributed by atoms with Gasteiger partial charge in [0, 0.05) is 48.4 Å². The van der Waals surface area contributed by atoms with Crippen molar-refractivity contribution in [3.8, 4) is 17.1 Å². The molecule has 0 saturated carbocycles. The first-order chi connectivity index (χ1) is 36.7. The number of fused-ring (bicyclic) bond motifs is 15. The lowest BCUT2D eigenvalue weighted by atomic mass is 10.1. The third-order valence-corrected chi connectivity index (χ3v) is 21.7. The van der Waals surface area contributed by atoms with Gasteiger partial charge < -0.3 is 9.13 Å². The van der Waals surface area contributed by atoms with Crippen LogP contribution in [0, 0.1) is 0 Å². The van der Waals surface area contributed by atoms with E-state index in [1.807, 2.05) is 11.3 Å². The number of hydrogen-bond donors (Lipinski definition) is 0. The van der Waals surface area contributed by atoms with Crippen molar-refractivity contribution in [3.05, 3.63) is 261 Å². The van der Waals surface area contributed by atoms with Crippen molar-refractivity contribution in [2.75, 3.05) is 0 Å². The van der Waals surface area contributed by atoms with E-state index in [4.69, 9.17) is 4.98 Å². The second-order valence-corrected chi connectivity index (χ2v) is 24.3. The molecule has 5 heterocycles. The van der Waals surface area contributed by atoms with Crippen molar-refractivity contribution in [3.63, 3.8) is 0 Å². The molecule has 16 rings (SSSR count). The fraction of sp³-hybridized carbons (Fsp3) is 0. The first kappa shape index (κ1) is 41.4. The Labute approximate surface area is 430 Å². The zero-order valence-corrected chi connectivity index (χ0v) is 41.8. The predicted molar refractivity (Wildman–Crippen MR) is 315 cm³/mol. The molecule has 0 aliphatic carbocycles. The zero-order chi connectivity index (χ0) is 48.5. The van der Waals surface area contributed by atoms with Gasteiger partial charge in [0.25, 0.3) is 0 Å². The summed E-state index contributed by atoms with van der Waals surface area (Å²) in [6, 6.07) is 96.8. The van der Waals surface area contributed by atoms with Gasteiger partial charge in [0.2, 0.25) is 5.78 Å². The zero-order valence-electron chi connectivity index (χ0n) is 40.0. The Kier molecular flexibility index (Phi) is 8.86. The fourth-order valence-corrected chi connectivity index (χ4v) is 18.7. The van der Waals surface area contributed by atoms with Crippen LogP contribution in [-0.2, 0) is 0 Å². The van der Waals surface area contributed by atoms with Crippen molar-refractivity contribution < 1.29 is 0 Å². The highest BCUT2D eigenvalue weighted by Crippen LogP contribution is 2.42. The number of rotatable bonds is 7. The average Bonchev–Trinajstić information content (AvgIpc) is 4.34. The molecule has 0 bridgehead atoms. The molecule has 0 aliphatic heterocycles. The Morgan fingerprint density at radius 2 is 0.811 bits per heavy atom. The Balaban J connectivity index is 0.974. The Hall–Kier alpha value is -9.27. The van der Waals surface area contributed by atoms with Crippen LogP contribution in [0.15, 0.2) is 261 Å². The van der Waals surface area contributed by atoms with Crippen LogP contribution in [0.5, 0.6) is 0 Å². The summed E-state index contributed by atoms with van der Waals surface area (Å²) < 4.78 is 12.2.